The fourth-order valence-electron chi connectivity index (χ4n) is 3.65. The minimum Gasteiger partial charge on any atom is -0.476 e. The third kappa shape index (κ3) is 6.06. The summed E-state index contributed by atoms with van der Waals surface area (Å²) in [6, 6.07) is 8.64. The van der Waals surface area contributed by atoms with Crippen LogP contribution in [0.15, 0.2) is 52.4 Å². The number of aromatic nitrogens is 4. The fourth-order valence-corrected chi connectivity index (χ4v) is 3.84. The van der Waals surface area contributed by atoms with Crippen LogP contribution in [-0.2, 0) is 6.54 Å². The monoisotopic (exact) mass is 499 g/mol. The highest BCUT2D eigenvalue weighted by Crippen LogP contribution is 2.17. The molecule has 2 aromatic heterocycles. The van der Waals surface area contributed by atoms with Gasteiger partial charge in [0, 0.05) is 43.5 Å². The molecule has 0 saturated carbocycles. The van der Waals surface area contributed by atoms with Crippen molar-refractivity contribution in [2.75, 3.05) is 51.3 Å². The van der Waals surface area contributed by atoms with Crippen LogP contribution in [0, 0.1) is 0 Å². The lowest BCUT2D eigenvalue weighted by atomic mass is 10.2. The number of piperazine rings is 1. The number of carbonyl (C=O) groups is 1. The molecule has 11 nitrogen and oxygen atoms in total. The Balaban J connectivity index is 1.34. The number of nitrogens with zero attached hydrogens (tertiary/aromatic N) is 5. The molecule has 0 aliphatic carbocycles. The molecule has 1 aromatic carbocycles. The van der Waals surface area contributed by atoms with E-state index in [1.54, 1.807) is 30.3 Å². The molecule has 1 saturated heterocycles. The van der Waals surface area contributed by atoms with Crippen LogP contribution in [0.5, 0.6) is 5.88 Å². The van der Waals surface area contributed by atoms with E-state index in [2.05, 4.69) is 37.1 Å². The molecule has 1 aliphatic heterocycles. The molecule has 1 fully saturated rings. The number of nitrogens with one attached hydrogen (secondary N) is 2. The topological polar surface area (TPSA) is 125 Å². The second kappa shape index (κ2) is 11.2. The lowest BCUT2D eigenvalue weighted by Gasteiger charge is -2.33. The highest BCUT2D eigenvalue weighted by Gasteiger charge is 2.17. The van der Waals surface area contributed by atoms with E-state index in [-0.39, 0.29) is 25.3 Å². The average molecular weight is 500 g/mol. The van der Waals surface area contributed by atoms with Crippen LogP contribution < -0.4 is 26.2 Å². The number of hydrogen-bond donors (Lipinski definition) is 2. The Hall–Kier alpha value is -3.70. The molecule has 0 radical (unpaired) electrons. The number of benzene rings is 1. The first-order valence-electron chi connectivity index (χ1n) is 11.1. The third-order valence-electron chi connectivity index (χ3n) is 5.68. The minimum absolute atomic E-state index is 0.0541. The van der Waals surface area contributed by atoms with Crippen molar-refractivity contribution in [2.24, 2.45) is 0 Å². The van der Waals surface area contributed by atoms with Gasteiger partial charge in [-0.2, -0.15) is 0 Å². The summed E-state index contributed by atoms with van der Waals surface area (Å²) >= 11 is 6.14. The van der Waals surface area contributed by atoms with E-state index in [0.717, 1.165) is 42.8 Å². The molecule has 3 aromatic rings. The van der Waals surface area contributed by atoms with E-state index in [1.165, 1.54) is 6.33 Å². The van der Waals surface area contributed by atoms with Gasteiger partial charge >= 0.3 is 5.69 Å². The zero-order valence-electron chi connectivity index (χ0n) is 19.2. The van der Waals surface area contributed by atoms with Gasteiger partial charge in [-0.1, -0.05) is 29.8 Å². The number of hydrogen-bond acceptors (Lipinski definition) is 8. The van der Waals surface area contributed by atoms with Crippen molar-refractivity contribution >= 4 is 23.3 Å². The average Bonchev–Trinajstić information content (AvgIpc) is 2.86. The Kier molecular flexibility index (Phi) is 7.78. The number of rotatable bonds is 8. The van der Waals surface area contributed by atoms with Crippen LogP contribution in [0.3, 0.4) is 0 Å². The van der Waals surface area contributed by atoms with Crippen molar-refractivity contribution < 1.29 is 9.53 Å². The number of ether oxygens (including phenoxy) is 1. The second-order valence-corrected chi connectivity index (χ2v) is 8.51. The van der Waals surface area contributed by atoms with Crippen LogP contribution in [0.1, 0.15) is 15.9 Å². The molecule has 184 valence electrons. The fraction of sp³-hybridized carbons (Fsp3) is 0.348. The van der Waals surface area contributed by atoms with E-state index < -0.39 is 17.2 Å². The summed E-state index contributed by atoms with van der Waals surface area (Å²) in [7, 11) is 2.08. The van der Waals surface area contributed by atoms with E-state index >= 15 is 0 Å². The molecule has 35 heavy (non-hydrogen) atoms. The van der Waals surface area contributed by atoms with Crippen molar-refractivity contribution in [2.45, 2.75) is 6.54 Å². The largest absolute Gasteiger partial charge is 0.476 e. The first kappa shape index (κ1) is 24.4. The zero-order chi connectivity index (χ0) is 24.8. The molecular weight excluding hydrogens is 474 g/mol. The minimum atomic E-state index is -0.709. The molecule has 0 unspecified atom stereocenters. The Labute approximate surface area is 206 Å². The van der Waals surface area contributed by atoms with Gasteiger partial charge in [-0.15, -0.1) is 0 Å². The number of halogens is 1. The van der Waals surface area contributed by atoms with Crippen LogP contribution >= 0.6 is 11.6 Å². The van der Waals surface area contributed by atoms with Gasteiger partial charge in [-0.05, 0) is 18.7 Å². The highest BCUT2D eigenvalue weighted by atomic mass is 35.5. The first-order valence-corrected chi connectivity index (χ1v) is 11.5. The molecule has 12 heteroatoms. The molecule has 2 N–H and O–H groups in total. The van der Waals surface area contributed by atoms with Crippen LogP contribution in [0.25, 0.3) is 0 Å². The Bertz CT molecular complexity index is 1300. The lowest BCUT2D eigenvalue weighted by Crippen LogP contribution is -2.44. The van der Waals surface area contributed by atoms with Gasteiger partial charge in [0.2, 0.25) is 5.88 Å². The van der Waals surface area contributed by atoms with Gasteiger partial charge in [0.25, 0.3) is 11.5 Å². The summed E-state index contributed by atoms with van der Waals surface area (Å²) < 4.78 is 6.59. The molecule has 1 aliphatic rings. The van der Waals surface area contributed by atoms with Crippen molar-refractivity contribution in [3.05, 3.63) is 79.8 Å². The molecule has 0 spiro atoms. The maximum atomic E-state index is 12.8. The van der Waals surface area contributed by atoms with E-state index in [1.807, 2.05) is 0 Å². The summed E-state index contributed by atoms with van der Waals surface area (Å²) in [6.07, 6.45) is 2.56. The SMILES string of the molecule is CN1CCN(c2cc(OCCNC(=O)c3c[nH]c(=O)n(Cc4ccccc4Cl)c3=O)ncn2)CC1. The standard InChI is InChI=1S/C23H26ClN7O4/c1-29-7-9-30(10-8-29)19-12-20(28-15-27-19)35-11-6-25-21(32)17-13-26-23(34)31(22(17)33)14-16-4-2-3-5-18(16)24/h2-5,12-13,15H,6-11,14H2,1H3,(H,25,32)(H,26,34). The number of aromatic amines is 1. The molecule has 0 atom stereocenters. The maximum Gasteiger partial charge on any atom is 0.328 e. The van der Waals surface area contributed by atoms with Crippen molar-refractivity contribution in [1.82, 2.24) is 29.7 Å². The molecule has 3 heterocycles. The van der Waals surface area contributed by atoms with Gasteiger partial charge in [0.1, 0.15) is 24.3 Å². The maximum absolute atomic E-state index is 12.8. The summed E-state index contributed by atoms with van der Waals surface area (Å²) in [6.45, 7) is 3.87. The quantitative estimate of drug-likeness (QED) is 0.431. The Morgan fingerprint density at radius 2 is 1.94 bits per heavy atom. The summed E-state index contributed by atoms with van der Waals surface area (Å²) in [5, 5.41) is 3.05. The summed E-state index contributed by atoms with van der Waals surface area (Å²) in [5.41, 5.74) is -0.931. The normalized spacial score (nSPS) is 14.1. The number of amides is 1. The Morgan fingerprint density at radius 1 is 1.17 bits per heavy atom. The highest BCUT2D eigenvalue weighted by molar-refractivity contribution is 6.31. The predicted molar refractivity (Wildman–Crippen MR) is 131 cm³/mol. The van der Waals surface area contributed by atoms with Gasteiger partial charge < -0.3 is 24.8 Å². The van der Waals surface area contributed by atoms with Crippen LogP contribution in [-0.4, -0.2) is 76.7 Å². The van der Waals surface area contributed by atoms with Gasteiger partial charge in [-0.3, -0.25) is 14.2 Å². The smallest absolute Gasteiger partial charge is 0.328 e. The first-order chi connectivity index (χ1) is 16.9. The summed E-state index contributed by atoms with van der Waals surface area (Å²) in [5.74, 6) is 0.567. The van der Waals surface area contributed by atoms with Gasteiger partial charge in [-0.25, -0.2) is 14.8 Å². The third-order valence-corrected chi connectivity index (χ3v) is 6.05. The number of carbonyl (C=O) groups excluding carboxylic acids is 1. The van der Waals surface area contributed by atoms with E-state index in [4.69, 9.17) is 16.3 Å². The lowest BCUT2D eigenvalue weighted by molar-refractivity contribution is 0.0944. The molecule has 1 amide bonds. The van der Waals surface area contributed by atoms with Gasteiger partial charge in [0.15, 0.2) is 0 Å². The number of anilines is 1. The number of H-pyrrole nitrogens is 1. The molecular formula is C23H26ClN7O4. The van der Waals surface area contributed by atoms with E-state index in [0.29, 0.717) is 16.5 Å². The zero-order valence-corrected chi connectivity index (χ0v) is 20.0. The van der Waals surface area contributed by atoms with Crippen molar-refractivity contribution in [3.8, 4) is 5.88 Å². The van der Waals surface area contributed by atoms with E-state index in [9.17, 15) is 14.4 Å². The van der Waals surface area contributed by atoms with Gasteiger partial charge in [0.05, 0.1) is 13.1 Å². The molecule has 0 bridgehead atoms. The second-order valence-electron chi connectivity index (χ2n) is 8.10. The van der Waals surface area contributed by atoms with Crippen LogP contribution in [0.2, 0.25) is 5.02 Å². The Morgan fingerprint density at radius 3 is 2.71 bits per heavy atom. The molecule has 4 rings (SSSR count). The van der Waals surface area contributed by atoms with Crippen LogP contribution in [0.4, 0.5) is 5.82 Å². The van der Waals surface area contributed by atoms with Crippen molar-refractivity contribution in [3.63, 3.8) is 0 Å². The predicted octanol–water partition coefficient (Wildman–Crippen LogP) is 0.589. The summed E-state index contributed by atoms with van der Waals surface area (Å²) in [4.78, 5) is 52.9. The number of likely N-dealkylation sites (N-methyl/N-ethyl adjacent to an activating group) is 1. The van der Waals surface area contributed by atoms with Crippen molar-refractivity contribution in [1.29, 1.82) is 0 Å².